The summed E-state index contributed by atoms with van der Waals surface area (Å²) in [6.07, 6.45) is 4.99. The molecule has 2 heterocycles. The van der Waals surface area contributed by atoms with Gasteiger partial charge >= 0.3 is 0 Å². The minimum atomic E-state index is 0.312. The molecule has 2 saturated heterocycles. The third-order valence-corrected chi connectivity index (χ3v) is 4.13. The number of amides is 1. The van der Waals surface area contributed by atoms with Crippen molar-refractivity contribution in [3.63, 3.8) is 0 Å². The maximum absolute atomic E-state index is 12.2. The van der Waals surface area contributed by atoms with Crippen molar-refractivity contribution in [2.45, 2.75) is 32.6 Å². The van der Waals surface area contributed by atoms with Gasteiger partial charge in [0.1, 0.15) is 0 Å². The fourth-order valence-electron chi connectivity index (χ4n) is 2.93. The molecule has 1 amide bonds. The summed E-state index contributed by atoms with van der Waals surface area (Å²) in [6, 6.07) is 0. The van der Waals surface area contributed by atoms with Crippen LogP contribution in [0.4, 0.5) is 0 Å². The molecule has 0 unspecified atom stereocenters. The molecule has 2 aliphatic heterocycles. The lowest BCUT2D eigenvalue weighted by molar-refractivity contribution is -0.134. The van der Waals surface area contributed by atoms with E-state index in [9.17, 15) is 4.79 Å². The van der Waals surface area contributed by atoms with Crippen LogP contribution < -0.4 is 0 Å². The zero-order valence-corrected chi connectivity index (χ0v) is 11.6. The maximum Gasteiger partial charge on any atom is 0.236 e. The average Bonchev–Trinajstić information content (AvgIpc) is 2.41. The zero-order valence-electron chi connectivity index (χ0n) is 11.6. The fraction of sp³-hybridized carbons (Fsp3) is 0.929. The lowest BCUT2D eigenvalue weighted by atomic mass is 9.92. The number of morpholine rings is 1. The number of rotatable bonds is 4. The van der Waals surface area contributed by atoms with E-state index in [1.807, 2.05) is 0 Å². The Morgan fingerprint density at radius 2 is 1.83 bits per heavy atom. The standard InChI is InChI=1S/C14H26N2O2/c1-2-3-13-4-6-16(7-5-13)14(17)12-15-8-10-18-11-9-15/h13H,2-12H2,1H3. The van der Waals surface area contributed by atoms with Crippen LogP contribution >= 0.6 is 0 Å². The third-order valence-electron chi connectivity index (χ3n) is 4.13. The summed E-state index contributed by atoms with van der Waals surface area (Å²) in [4.78, 5) is 16.4. The Labute approximate surface area is 110 Å². The van der Waals surface area contributed by atoms with Crippen LogP contribution in [0, 0.1) is 5.92 Å². The predicted molar refractivity (Wildman–Crippen MR) is 71.5 cm³/mol. The molecule has 104 valence electrons. The number of nitrogens with zero attached hydrogens (tertiary/aromatic N) is 2. The van der Waals surface area contributed by atoms with E-state index in [2.05, 4.69) is 16.7 Å². The molecule has 4 heteroatoms. The molecule has 2 fully saturated rings. The van der Waals surface area contributed by atoms with E-state index in [1.54, 1.807) is 0 Å². The van der Waals surface area contributed by atoms with E-state index in [0.717, 1.165) is 45.3 Å². The largest absolute Gasteiger partial charge is 0.379 e. The first kappa shape index (κ1) is 13.8. The van der Waals surface area contributed by atoms with E-state index in [-0.39, 0.29) is 0 Å². The van der Waals surface area contributed by atoms with Gasteiger partial charge in [-0.25, -0.2) is 0 Å². The van der Waals surface area contributed by atoms with Gasteiger partial charge in [-0.3, -0.25) is 9.69 Å². The Hall–Kier alpha value is -0.610. The number of carbonyl (C=O) groups excluding carboxylic acids is 1. The molecule has 0 bridgehead atoms. The minimum absolute atomic E-state index is 0.312. The molecule has 0 aromatic heterocycles. The van der Waals surface area contributed by atoms with Gasteiger partial charge in [-0.1, -0.05) is 19.8 Å². The van der Waals surface area contributed by atoms with Crippen molar-refractivity contribution in [1.29, 1.82) is 0 Å². The summed E-state index contributed by atoms with van der Waals surface area (Å²) in [7, 11) is 0. The highest BCUT2D eigenvalue weighted by Crippen LogP contribution is 2.21. The summed E-state index contributed by atoms with van der Waals surface area (Å²) in [5.74, 6) is 1.16. The number of ether oxygens (including phenoxy) is 1. The molecule has 0 aromatic rings. The van der Waals surface area contributed by atoms with Crippen LogP contribution in [0.25, 0.3) is 0 Å². The number of hydrogen-bond acceptors (Lipinski definition) is 3. The van der Waals surface area contributed by atoms with Crippen molar-refractivity contribution in [1.82, 2.24) is 9.80 Å². The highest BCUT2D eigenvalue weighted by atomic mass is 16.5. The molecular weight excluding hydrogens is 228 g/mol. The molecule has 0 saturated carbocycles. The van der Waals surface area contributed by atoms with Crippen molar-refractivity contribution < 1.29 is 9.53 Å². The Morgan fingerprint density at radius 3 is 2.44 bits per heavy atom. The highest BCUT2D eigenvalue weighted by molar-refractivity contribution is 5.78. The van der Waals surface area contributed by atoms with Crippen LogP contribution in [0.15, 0.2) is 0 Å². The van der Waals surface area contributed by atoms with Crippen molar-refractivity contribution >= 4 is 5.91 Å². The average molecular weight is 254 g/mol. The van der Waals surface area contributed by atoms with Gasteiger partial charge in [0.2, 0.25) is 5.91 Å². The smallest absolute Gasteiger partial charge is 0.236 e. The van der Waals surface area contributed by atoms with Crippen LogP contribution in [0.3, 0.4) is 0 Å². The summed E-state index contributed by atoms with van der Waals surface area (Å²) >= 11 is 0. The predicted octanol–water partition coefficient (Wildman–Crippen LogP) is 1.36. The molecule has 2 aliphatic rings. The summed E-state index contributed by atoms with van der Waals surface area (Å²) in [5.41, 5.74) is 0. The third kappa shape index (κ3) is 3.95. The van der Waals surface area contributed by atoms with Gasteiger partial charge in [0.25, 0.3) is 0 Å². The minimum Gasteiger partial charge on any atom is -0.379 e. The Kier molecular flexibility index (Phi) is 5.45. The Balaban J connectivity index is 1.70. The molecule has 4 nitrogen and oxygen atoms in total. The van der Waals surface area contributed by atoms with E-state index in [1.165, 1.54) is 25.7 Å². The monoisotopic (exact) mass is 254 g/mol. The van der Waals surface area contributed by atoms with Crippen LogP contribution in [0.2, 0.25) is 0 Å². The first-order chi connectivity index (χ1) is 8.79. The van der Waals surface area contributed by atoms with E-state index < -0.39 is 0 Å². The number of hydrogen-bond donors (Lipinski definition) is 0. The van der Waals surface area contributed by atoms with Crippen molar-refractivity contribution in [3.8, 4) is 0 Å². The molecule has 0 spiro atoms. The first-order valence-electron chi connectivity index (χ1n) is 7.37. The van der Waals surface area contributed by atoms with Gasteiger partial charge in [0, 0.05) is 26.2 Å². The van der Waals surface area contributed by atoms with Crippen molar-refractivity contribution in [2.75, 3.05) is 45.9 Å². The van der Waals surface area contributed by atoms with E-state index >= 15 is 0 Å². The molecule has 0 aromatic carbocycles. The molecule has 2 rings (SSSR count). The number of carbonyl (C=O) groups is 1. The Morgan fingerprint density at radius 1 is 1.17 bits per heavy atom. The van der Waals surface area contributed by atoms with Gasteiger partial charge < -0.3 is 9.64 Å². The van der Waals surface area contributed by atoms with Gasteiger partial charge in [0.15, 0.2) is 0 Å². The van der Waals surface area contributed by atoms with Gasteiger partial charge in [-0.05, 0) is 18.8 Å². The second kappa shape index (κ2) is 7.10. The fourth-order valence-corrected chi connectivity index (χ4v) is 2.93. The lowest BCUT2D eigenvalue weighted by Gasteiger charge is -2.34. The highest BCUT2D eigenvalue weighted by Gasteiger charge is 2.24. The molecular formula is C14H26N2O2. The molecule has 0 aliphatic carbocycles. The van der Waals surface area contributed by atoms with Crippen LogP contribution in [-0.4, -0.2) is 61.6 Å². The second-order valence-electron chi connectivity index (χ2n) is 5.50. The van der Waals surface area contributed by atoms with E-state index in [4.69, 9.17) is 4.74 Å². The SMILES string of the molecule is CCCC1CCN(C(=O)CN2CCOCC2)CC1. The van der Waals surface area contributed by atoms with Gasteiger partial charge in [-0.15, -0.1) is 0 Å². The quantitative estimate of drug-likeness (QED) is 0.759. The van der Waals surface area contributed by atoms with Crippen LogP contribution in [-0.2, 0) is 9.53 Å². The maximum atomic E-state index is 12.2. The first-order valence-corrected chi connectivity index (χ1v) is 7.37. The lowest BCUT2D eigenvalue weighted by Crippen LogP contribution is -2.47. The van der Waals surface area contributed by atoms with Gasteiger partial charge in [0.05, 0.1) is 19.8 Å². The zero-order chi connectivity index (χ0) is 12.8. The van der Waals surface area contributed by atoms with E-state index in [0.29, 0.717) is 12.5 Å². The van der Waals surface area contributed by atoms with Crippen LogP contribution in [0.1, 0.15) is 32.6 Å². The second-order valence-corrected chi connectivity index (χ2v) is 5.50. The Bertz CT molecular complexity index is 257. The topological polar surface area (TPSA) is 32.8 Å². The summed E-state index contributed by atoms with van der Waals surface area (Å²) < 4.78 is 5.30. The van der Waals surface area contributed by atoms with Gasteiger partial charge in [-0.2, -0.15) is 0 Å². The summed E-state index contributed by atoms with van der Waals surface area (Å²) in [6.45, 7) is 8.10. The number of likely N-dealkylation sites (tertiary alicyclic amines) is 1. The normalized spacial score (nSPS) is 23.3. The molecule has 0 radical (unpaired) electrons. The molecule has 0 atom stereocenters. The molecule has 18 heavy (non-hydrogen) atoms. The molecule has 0 N–H and O–H groups in total. The van der Waals surface area contributed by atoms with Crippen LogP contribution in [0.5, 0.6) is 0 Å². The van der Waals surface area contributed by atoms with Crippen molar-refractivity contribution in [2.24, 2.45) is 5.92 Å². The summed E-state index contributed by atoms with van der Waals surface area (Å²) in [5, 5.41) is 0. The number of piperidine rings is 1. The van der Waals surface area contributed by atoms with Crippen molar-refractivity contribution in [3.05, 3.63) is 0 Å².